The smallest absolute Gasteiger partial charge is 0.253 e. The number of amides is 1. The summed E-state index contributed by atoms with van der Waals surface area (Å²) in [6.45, 7) is 6.84. The molecule has 6 heteroatoms. The molecule has 2 aromatic carbocycles. The fraction of sp³-hybridized carbons (Fsp3) is 0.364. The highest BCUT2D eigenvalue weighted by molar-refractivity contribution is 6.30. The van der Waals surface area contributed by atoms with Crippen molar-refractivity contribution < 1.29 is 4.79 Å². The van der Waals surface area contributed by atoms with Crippen molar-refractivity contribution in [2.45, 2.75) is 26.8 Å². The summed E-state index contributed by atoms with van der Waals surface area (Å²) in [7, 11) is 1.75. The van der Waals surface area contributed by atoms with Crippen molar-refractivity contribution in [1.29, 1.82) is 0 Å². The Morgan fingerprint density at radius 2 is 1.57 bits per heavy atom. The van der Waals surface area contributed by atoms with Crippen LogP contribution in [0.15, 0.2) is 53.5 Å². The first-order valence-electron chi connectivity index (χ1n) is 9.64. The van der Waals surface area contributed by atoms with Crippen LogP contribution in [0.4, 0.5) is 0 Å². The van der Waals surface area contributed by atoms with Crippen molar-refractivity contribution in [2.24, 2.45) is 4.99 Å². The van der Waals surface area contributed by atoms with Gasteiger partial charge in [-0.2, -0.15) is 0 Å². The van der Waals surface area contributed by atoms with Crippen molar-refractivity contribution in [3.63, 3.8) is 0 Å². The summed E-state index contributed by atoms with van der Waals surface area (Å²) in [4.78, 5) is 18.4. The van der Waals surface area contributed by atoms with Crippen LogP contribution in [0.1, 0.15) is 35.3 Å². The summed E-state index contributed by atoms with van der Waals surface area (Å²) in [5.41, 5.74) is 3.04. The molecule has 0 heterocycles. The van der Waals surface area contributed by atoms with Gasteiger partial charge in [0, 0.05) is 43.8 Å². The highest BCUT2D eigenvalue weighted by atomic mass is 35.5. The molecule has 0 aromatic heterocycles. The van der Waals surface area contributed by atoms with Gasteiger partial charge in [0.25, 0.3) is 5.91 Å². The van der Waals surface area contributed by atoms with Crippen LogP contribution in [0.25, 0.3) is 0 Å². The molecular formula is C22H29ClN4O. The zero-order chi connectivity index (χ0) is 20.4. The molecule has 5 nitrogen and oxygen atoms in total. The molecule has 150 valence electrons. The number of hydrogen-bond acceptors (Lipinski definition) is 2. The molecule has 1 amide bonds. The second-order valence-electron chi connectivity index (χ2n) is 6.40. The van der Waals surface area contributed by atoms with Crippen LogP contribution in [-0.4, -0.2) is 43.4 Å². The lowest BCUT2D eigenvalue weighted by molar-refractivity contribution is 0.0773. The van der Waals surface area contributed by atoms with Gasteiger partial charge < -0.3 is 15.5 Å². The summed E-state index contributed by atoms with van der Waals surface area (Å²) < 4.78 is 0. The Labute approximate surface area is 172 Å². The monoisotopic (exact) mass is 400 g/mol. The standard InChI is InChI=1S/C22H29ClN4O/c1-4-27(5-2)21(28)19-10-6-18(7-11-19)16-26-22(24-3)25-15-14-17-8-12-20(23)13-9-17/h6-13H,4-5,14-16H2,1-3H3,(H2,24,25,26). The minimum Gasteiger partial charge on any atom is -0.356 e. The third kappa shape index (κ3) is 6.57. The molecule has 0 saturated carbocycles. The quantitative estimate of drug-likeness (QED) is 0.524. The van der Waals surface area contributed by atoms with E-state index < -0.39 is 0 Å². The van der Waals surface area contributed by atoms with Crippen LogP contribution in [0.5, 0.6) is 0 Å². The molecule has 2 rings (SSSR count). The van der Waals surface area contributed by atoms with Crippen molar-refractivity contribution in [3.05, 3.63) is 70.2 Å². The predicted molar refractivity (Wildman–Crippen MR) is 117 cm³/mol. The molecule has 0 atom stereocenters. The maximum absolute atomic E-state index is 12.4. The Balaban J connectivity index is 1.81. The largest absolute Gasteiger partial charge is 0.356 e. The molecule has 0 aliphatic rings. The summed E-state index contributed by atoms with van der Waals surface area (Å²) in [5, 5.41) is 7.35. The van der Waals surface area contributed by atoms with Gasteiger partial charge in [-0.1, -0.05) is 35.9 Å². The Bertz CT molecular complexity index is 768. The van der Waals surface area contributed by atoms with Gasteiger partial charge in [-0.05, 0) is 55.7 Å². The predicted octanol–water partition coefficient (Wildman–Crippen LogP) is 3.73. The first-order valence-corrected chi connectivity index (χ1v) is 10.0. The number of rotatable bonds is 8. The average Bonchev–Trinajstić information content (AvgIpc) is 2.73. The topological polar surface area (TPSA) is 56.7 Å². The second kappa shape index (κ2) is 11.3. The lowest BCUT2D eigenvalue weighted by Crippen LogP contribution is -2.37. The minimum atomic E-state index is 0.0733. The molecule has 0 saturated heterocycles. The highest BCUT2D eigenvalue weighted by Gasteiger charge is 2.11. The van der Waals surface area contributed by atoms with Gasteiger partial charge in [-0.25, -0.2) is 0 Å². The number of carbonyl (C=O) groups is 1. The second-order valence-corrected chi connectivity index (χ2v) is 6.84. The van der Waals surface area contributed by atoms with Crippen molar-refractivity contribution >= 4 is 23.5 Å². The van der Waals surface area contributed by atoms with Crippen LogP contribution < -0.4 is 10.6 Å². The van der Waals surface area contributed by atoms with E-state index in [9.17, 15) is 4.79 Å². The highest BCUT2D eigenvalue weighted by Crippen LogP contribution is 2.10. The molecule has 0 unspecified atom stereocenters. The maximum Gasteiger partial charge on any atom is 0.253 e. The van der Waals surface area contributed by atoms with Crippen molar-refractivity contribution in [1.82, 2.24) is 15.5 Å². The van der Waals surface area contributed by atoms with Gasteiger partial charge in [0.15, 0.2) is 5.96 Å². The molecular weight excluding hydrogens is 372 g/mol. The van der Waals surface area contributed by atoms with E-state index in [2.05, 4.69) is 15.6 Å². The lowest BCUT2D eigenvalue weighted by Gasteiger charge is -2.18. The summed E-state index contributed by atoms with van der Waals surface area (Å²) >= 11 is 5.91. The average molecular weight is 401 g/mol. The number of guanidine groups is 1. The molecule has 2 N–H and O–H groups in total. The molecule has 0 aliphatic carbocycles. The number of benzene rings is 2. The molecule has 2 aromatic rings. The maximum atomic E-state index is 12.4. The molecule has 28 heavy (non-hydrogen) atoms. The van der Waals surface area contributed by atoms with Gasteiger partial charge in [-0.15, -0.1) is 0 Å². The van der Waals surface area contributed by atoms with E-state index in [1.54, 1.807) is 7.05 Å². The fourth-order valence-corrected chi connectivity index (χ4v) is 2.97. The zero-order valence-electron chi connectivity index (χ0n) is 16.8. The molecule has 0 spiro atoms. The number of carbonyl (C=O) groups excluding carboxylic acids is 1. The Morgan fingerprint density at radius 3 is 2.14 bits per heavy atom. The molecule has 0 aliphatic heterocycles. The molecule has 0 bridgehead atoms. The van der Waals surface area contributed by atoms with Crippen molar-refractivity contribution in [2.75, 3.05) is 26.7 Å². The fourth-order valence-electron chi connectivity index (χ4n) is 2.84. The molecule has 0 radical (unpaired) electrons. The van der Waals surface area contributed by atoms with Crippen LogP contribution in [0.2, 0.25) is 5.02 Å². The number of aliphatic imine (C=N–C) groups is 1. The third-order valence-electron chi connectivity index (χ3n) is 4.55. The SMILES string of the molecule is CCN(CC)C(=O)c1ccc(CNC(=NC)NCCc2ccc(Cl)cc2)cc1. The summed E-state index contributed by atoms with van der Waals surface area (Å²) in [6.07, 6.45) is 0.889. The van der Waals surface area contributed by atoms with Gasteiger partial charge in [0.05, 0.1) is 0 Å². The Morgan fingerprint density at radius 1 is 0.964 bits per heavy atom. The van der Waals surface area contributed by atoms with E-state index in [1.807, 2.05) is 67.3 Å². The third-order valence-corrected chi connectivity index (χ3v) is 4.81. The van der Waals surface area contributed by atoms with Crippen LogP contribution in [0.3, 0.4) is 0 Å². The number of hydrogen-bond donors (Lipinski definition) is 2. The van der Waals surface area contributed by atoms with Crippen molar-refractivity contribution in [3.8, 4) is 0 Å². The molecule has 0 fully saturated rings. The Hall–Kier alpha value is -2.53. The minimum absolute atomic E-state index is 0.0733. The van der Waals surface area contributed by atoms with Crippen LogP contribution in [-0.2, 0) is 13.0 Å². The van der Waals surface area contributed by atoms with Gasteiger partial charge in [-0.3, -0.25) is 9.79 Å². The van der Waals surface area contributed by atoms with Crippen LogP contribution in [0, 0.1) is 0 Å². The Kier molecular flexibility index (Phi) is 8.82. The van der Waals surface area contributed by atoms with Gasteiger partial charge >= 0.3 is 0 Å². The first-order chi connectivity index (χ1) is 13.6. The van der Waals surface area contributed by atoms with Gasteiger partial charge in [0.2, 0.25) is 0 Å². The van der Waals surface area contributed by atoms with E-state index in [0.29, 0.717) is 6.54 Å². The number of halogens is 1. The number of nitrogens with one attached hydrogen (secondary N) is 2. The first kappa shape index (κ1) is 21.8. The number of nitrogens with zero attached hydrogens (tertiary/aromatic N) is 2. The van der Waals surface area contributed by atoms with E-state index in [-0.39, 0.29) is 5.91 Å². The zero-order valence-corrected chi connectivity index (χ0v) is 17.6. The summed E-state index contributed by atoms with van der Waals surface area (Å²) in [6, 6.07) is 15.6. The van der Waals surface area contributed by atoms with E-state index in [4.69, 9.17) is 11.6 Å². The van der Waals surface area contributed by atoms with E-state index >= 15 is 0 Å². The normalized spacial score (nSPS) is 11.2. The lowest BCUT2D eigenvalue weighted by atomic mass is 10.1. The summed E-state index contributed by atoms with van der Waals surface area (Å²) in [5.74, 6) is 0.821. The van der Waals surface area contributed by atoms with E-state index in [1.165, 1.54) is 5.56 Å². The van der Waals surface area contributed by atoms with Crippen LogP contribution >= 0.6 is 11.6 Å². The van der Waals surface area contributed by atoms with E-state index in [0.717, 1.165) is 48.2 Å². The van der Waals surface area contributed by atoms with Gasteiger partial charge in [0.1, 0.15) is 0 Å².